The van der Waals surface area contributed by atoms with Gasteiger partial charge in [-0.3, -0.25) is 0 Å². The molecule has 21 heavy (non-hydrogen) atoms. The second kappa shape index (κ2) is 6.97. The SMILES string of the molecule is CCNCC1(CN2CCC3(CCCCC3)CC2)CCOC1. The van der Waals surface area contributed by atoms with Crippen LogP contribution in [0.4, 0.5) is 0 Å². The van der Waals surface area contributed by atoms with Crippen LogP contribution in [-0.4, -0.2) is 50.8 Å². The zero-order valence-corrected chi connectivity index (χ0v) is 14.0. The van der Waals surface area contributed by atoms with Gasteiger partial charge in [0.1, 0.15) is 0 Å². The summed E-state index contributed by atoms with van der Waals surface area (Å²) in [6.07, 6.45) is 11.6. The Morgan fingerprint density at radius 2 is 1.76 bits per heavy atom. The summed E-state index contributed by atoms with van der Waals surface area (Å²) in [6.45, 7) is 10.2. The standard InChI is InChI=1S/C18H34N2O/c1-2-19-14-18(10-13-21-16-18)15-20-11-8-17(9-12-20)6-4-3-5-7-17/h19H,2-16H2,1H3. The van der Waals surface area contributed by atoms with Gasteiger partial charge < -0.3 is 15.0 Å². The van der Waals surface area contributed by atoms with Crippen LogP contribution >= 0.6 is 0 Å². The molecule has 0 amide bonds. The predicted molar refractivity (Wildman–Crippen MR) is 87.6 cm³/mol. The van der Waals surface area contributed by atoms with Crippen molar-refractivity contribution in [2.24, 2.45) is 10.8 Å². The molecule has 3 aliphatic rings. The fourth-order valence-electron chi connectivity index (χ4n) is 4.82. The van der Waals surface area contributed by atoms with Gasteiger partial charge in [0.2, 0.25) is 0 Å². The molecule has 0 aromatic rings. The summed E-state index contributed by atoms with van der Waals surface area (Å²) in [5.41, 5.74) is 1.11. The van der Waals surface area contributed by atoms with E-state index in [1.165, 1.54) is 71.0 Å². The number of hydrogen-bond donors (Lipinski definition) is 1. The quantitative estimate of drug-likeness (QED) is 0.843. The summed E-state index contributed by atoms with van der Waals surface area (Å²) in [7, 11) is 0. The number of hydrogen-bond acceptors (Lipinski definition) is 3. The van der Waals surface area contributed by atoms with E-state index in [9.17, 15) is 0 Å². The van der Waals surface area contributed by atoms with Crippen LogP contribution in [0.2, 0.25) is 0 Å². The molecule has 0 aromatic carbocycles. The zero-order valence-electron chi connectivity index (χ0n) is 14.0. The summed E-state index contributed by atoms with van der Waals surface area (Å²) in [6, 6.07) is 0. The van der Waals surface area contributed by atoms with E-state index in [0.717, 1.165) is 31.7 Å². The van der Waals surface area contributed by atoms with Crippen molar-refractivity contribution in [2.75, 3.05) is 45.9 Å². The van der Waals surface area contributed by atoms with Crippen LogP contribution in [0.3, 0.4) is 0 Å². The van der Waals surface area contributed by atoms with Gasteiger partial charge in [0, 0.05) is 25.1 Å². The Hall–Kier alpha value is -0.120. The van der Waals surface area contributed by atoms with E-state index in [-0.39, 0.29) is 0 Å². The number of likely N-dealkylation sites (tertiary alicyclic amines) is 1. The fourth-order valence-corrected chi connectivity index (χ4v) is 4.82. The summed E-state index contributed by atoms with van der Waals surface area (Å²) in [5, 5.41) is 3.57. The average Bonchev–Trinajstić information content (AvgIpc) is 2.98. The third-order valence-corrected chi connectivity index (χ3v) is 6.32. The molecule has 3 nitrogen and oxygen atoms in total. The molecular weight excluding hydrogens is 260 g/mol. The third-order valence-electron chi connectivity index (χ3n) is 6.32. The van der Waals surface area contributed by atoms with E-state index in [1.807, 2.05) is 0 Å². The highest BCUT2D eigenvalue weighted by Gasteiger charge is 2.40. The molecule has 3 rings (SSSR count). The highest BCUT2D eigenvalue weighted by atomic mass is 16.5. The van der Waals surface area contributed by atoms with Gasteiger partial charge in [0.05, 0.1) is 6.61 Å². The highest BCUT2D eigenvalue weighted by Crippen LogP contribution is 2.45. The molecule has 2 aliphatic heterocycles. The maximum Gasteiger partial charge on any atom is 0.0547 e. The second-order valence-corrected chi connectivity index (χ2v) is 7.92. The van der Waals surface area contributed by atoms with Crippen LogP contribution in [0.15, 0.2) is 0 Å². The minimum atomic E-state index is 0.382. The maximum absolute atomic E-state index is 5.74. The van der Waals surface area contributed by atoms with Gasteiger partial charge in [-0.2, -0.15) is 0 Å². The van der Waals surface area contributed by atoms with Crippen molar-refractivity contribution in [1.29, 1.82) is 0 Å². The smallest absolute Gasteiger partial charge is 0.0547 e. The molecule has 1 spiro atoms. The van der Waals surface area contributed by atoms with Gasteiger partial charge in [-0.05, 0) is 57.2 Å². The predicted octanol–water partition coefficient (Wildman–Crippen LogP) is 3.05. The normalized spacial score (nSPS) is 33.6. The number of nitrogens with one attached hydrogen (secondary N) is 1. The van der Waals surface area contributed by atoms with Gasteiger partial charge in [0.15, 0.2) is 0 Å². The fraction of sp³-hybridized carbons (Fsp3) is 1.00. The first-order chi connectivity index (χ1) is 10.3. The number of ether oxygens (including phenoxy) is 1. The summed E-state index contributed by atoms with van der Waals surface area (Å²) < 4.78 is 5.74. The van der Waals surface area contributed by atoms with Gasteiger partial charge in [0.25, 0.3) is 0 Å². The Balaban J connectivity index is 1.51. The molecular formula is C18H34N2O. The van der Waals surface area contributed by atoms with Crippen LogP contribution in [0, 0.1) is 10.8 Å². The molecule has 1 aliphatic carbocycles. The van der Waals surface area contributed by atoms with E-state index in [4.69, 9.17) is 4.74 Å². The van der Waals surface area contributed by atoms with Crippen molar-refractivity contribution in [2.45, 2.75) is 58.3 Å². The molecule has 0 bridgehead atoms. The molecule has 1 saturated carbocycles. The second-order valence-electron chi connectivity index (χ2n) is 7.92. The van der Waals surface area contributed by atoms with E-state index in [0.29, 0.717) is 5.41 Å². The average molecular weight is 294 g/mol. The summed E-state index contributed by atoms with van der Waals surface area (Å²) in [4.78, 5) is 2.74. The molecule has 2 heterocycles. The number of piperidine rings is 1. The van der Waals surface area contributed by atoms with Gasteiger partial charge >= 0.3 is 0 Å². The van der Waals surface area contributed by atoms with Gasteiger partial charge in [-0.15, -0.1) is 0 Å². The molecule has 3 heteroatoms. The molecule has 0 radical (unpaired) electrons. The molecule has 2 saturated heterocycles. The summed E-state index contributed by atoms with van der Waals surface area (Å²) >= 11 is 0. The maximum atomic E-state index is 5.74. The Morgan fingerprint density at radius 3 is 2.38 bits per heavy atom. The van der Waals surface area contributed by atoms with Crippen LogP contribution in [0.1, 0.15) is 58.3 Å². The lowest BCUT2D eigenvalue weighted by Gasteiger charge is -2.46. The van der Waals surface area contributed by atoms with Crippen molar-refractivity contribution in [3.8, 4) is 0 Å². The van der Waals surface area contributed by atoms with Crippen molar-refractivity contribution in [3.63, 3.8) is 0 Å². The molecule has 1 atom stereocenters. The van der Waals surface area contributed by atoms with Crippen molar-refractivity contribution >= 4 is 0 Å². The summed E-state index contributed by atoms with van der Waals surface area (Å²) in [5.74, 6) is 0. The molecule has 1 N–H and O–H groups in total. The largest absolute Gasteiger partial charge is 0.381 e. The zero-order chi connectivity index (χ0) is 14.6. The highest BCUT2D eigenvalue weighted by molar-refractivity contribution is 4.93. The van der Waals surface area contributed by atoms with E-state index >= 15 is 0 Å². The van der Waals surface area contributed by atoms with Crippen LogP contribution in [0.25, 0.3) is 0 Å². The monoisotopic (exact) mass is 294 g/mol. The van der Waals surface area contributed by atoms with Gasteiger partial charge in [-0.25, -0.2) is 0 Å². The van der Waals surface area contributed by atoms with Crippen molar-refractivity contribution in [3.05, 3.63) is 0 Å². The van der Waals surface area contributed by atoms with Crippen molar-refractivity contribution in [1.82, 2.24) is 10.2 Å². The first-order valence-corrected chi connectivity index (χ1v) is 9.27. The van der Waals surface area contributed by atoms with Gasteiger partial charge in [-0.1, -0.05) is 26.2 Å². The lowest BCUT2D eigenvalue weighted by atomic mass is 9.68. The Labute approximate surface area is 130 Å². The van der Waals surface area contributed by atoms with Crippen molar-refractivity contribution < 1.29 is 4.74 Å². The Bertz CT molecular complexity index is 309. The molecule has 0 aromatic heterocycles. The molecule has 122 valence electrons. The Kier molecular flexibility index (Phi) is 5.23. The first kappa shape index (κ1) is 15.8. The number of nitrogens with zero attached hydrogens (tertiary/aromatic N) is 1. The van der Waals surface area contributed by atoms with E-state index < -0.39 is 0 Å². The van der Waals surface area contributed by atoms with Crippen LogP contribution in [0.5, 0.6) is 0 Å². The molecule has 1 unspecified atom stereocenters. The molecule has 3 fully saturated rings. The number of rotatable bonds is 5. The Morgan fingerprint density at radius 1 is 1.00 bits per heavy atom. The lowest BCUT2D eigenvalue weighted by Crippen LogP contribution is -2.49. The van der Waals surface area contributed by atoms with E-state index in [1.54, 1.807) is 0 Å². The van der Waals surface area contributed by atoms with E-state index in [2.05, 4.69) is 17.1 Å². The van der Waals surface area contributed by atoms with Crippen LogP contribution in [-0.2, 0) is 4.74 Å². The lowest BCUT2D eigenvalue weighted by molar-refractivity contribution is 0.0371. The minimum Gasteiger partial charge on any atom is -0.381 e. The topological polar surface area (TPSA) is 24.5 Å². The van der Waals surface area contributed by atoms with Crippen LogP contribution < -0.4 is 5.32 Å². The third kappa shape index (κ3) is 3.80. The minimum absolute atomic E-state index is 0.382. The first-order valence-electron chi connectivity index (χ1n) is 9.27.